The Morgan fingerprint density at radius 2 is 2.14 bits per heavy atom. The molecule has 0 spiro atoms. The number of aromatic nitrogens is 4. The van der Waals surface area contributed by atoms with Gasteiger partial charge in [-0.15, -0.1) is 0 Å². The lowest BCUT2D eigenvalue weighted by molar-refractivity contribution is 0.361. The van der Waals surface area contributed by atoms with E-state index in [1.54, 1.807) is 0 Å². The minimum atomic E-state index is 0.0782. The number of benzene rings is 1. The first-order valence-electron chi connectivity index (χ1n) is 7.25. The highest BCUT2D eigenvalue weighted by molar-refractivity contribution is 5.74. The van der Waals surface area contributed by atoms with Crippen molar-refractivity contribution in [1.29, 1.82) is 0 Å². The Labute approximate surface area is 122 Å². The van der Waals surface area contributed by atoms with Crippen LogP contribution in [0.25, 0.3) is 11.0 Å². The number of H-pyrrole nitrogens is 1. The predicted octanol–water partition coefficient (Wildman–Crippen LogP) is 2.21. The van der Waals surface area contributed by atoms with E-state index in [1.807, 2.05) is 24.3 Å². The summed E-state index contributed by atoms with van der Waals surface area (Å²) in [5.41, 5.74) is 7.94. The summed E-state index contributed by atoms with van der Waals surface area (Å²) >= 11 is 0. The number of rotatable bonds is 6. The third kappa shape index (κ3) is 3.28. The van der Waals surface area contributed by atoms with Crippen LogP contribution >= 0.6 is 0 Å². The minimum Gasteiger partial charge on any atom is -0.342 e. The van der Waals surface area contributed by atoms with Crippen LogP contribution in [0.15, 0.2) is 28.8 Å². The van der Waals surface area contributed by atoms with Crippen molar-refractivity contribution in [2.75, 3.05) is 0 Å². The molecule has 1 atom stereocenters. The van der Waals surface area contributed by atoms with E-state index in [9.17, 15) is 0 Å². The molecule has 3 rings (SSSR count). The van der Waals surface area contributed by atoms with Crippen molar-refractivity contribution in [2.45, 2.75) is 38.6 Å². The molecule has 1 aromatic carbocycles. The van der Waals surface area contributed by atoms with Gasteiger partial charge < -0.3 is 15.2 Å². The van der Waals surface area contributed by atoms with E-state index in [2.05, 4.69) is 27.0 Å². The van der Waals surface area contributed by atoms with E-state index in [1.165, 1.54) is 0 Å². The standard InChI is InChI=1S/C15H19N5O/c1-2-5-10(16)8-15-19-14(20-21-15)9-13-17-11-6-3-4-7-12(11)18-13/h3-4,6-7,10H,2,5,8-9,16H2,1H3,(H,17,18). The highest BCUT2D eigenvalue weighted by Crippen LogP contribution is 2.13. The lowest BCUT2D eigenvalue weighted by Crippen LogP contribution is -2.22. The summed E-state index contributed by atoms with van der Waals surface area (Å²) in [5, 5.41) is 3.99. The van der Waals surface area contributed by atoms with E-state index in [-0.39, 0.29) is 6.04 Å². The smallest absolute Gasteiger partial charge is 0.228 e. The average molecular weight is 285 g/mol. The quantitative estimate of drug-likeness (QED) is 0.724. The number of hydrogen-bond donors (Lipinski definition) is 2. The molecule has 0 aliphatic rings. The van der Waals surface area contributed by atoms with E-state index >= 15 is 0 Å². The van der Waals surface area contributed by atoms with E-state index < -0.39 is 0 Å². The van der Waals surface area contributed by atoms with E-state index in [4.69, 9.17) is 10.3 Å². The van der Waals surface area contributed by atoms with Crippen LogP contribution in [0.2, 0.25) is 0 Å². The summed E-state index contributed by atoms with van der Waals surface area (Å²) in [6.45, 7) is 2.11. The summed E-state index contributed by atoms with van der Waals surface area (Å²) in [6.07, 6.45) is 3.17. The molecule has 6 nitrogen and oxygen atoms in total. The van der Waals surface area contributed by atoms with Gasteiger partial charge in [-0.05, 0) is 18.6 Å². The Bertz CT molecular complexity index is 685. The van der Waals surface area contributed by atoms with Gasteiger partial charge >= 0.3 is 0 Å². The molecule has 0 fully saturated rings. The molecule has 0 saturated carbocycles. The van der Waals surface area contributed by atoms with Gasteiger partial charge in [0.15, 0.2) is 5.82 Å². The van der Waals surface area contributed by atoms with E-state index in [0.29, 0.717) is 24.6 Å². The number of hydrogen-bond acceptors (Lipinski definition) is 5. The summed E-state index contributed by atoms with van der Waals surface area (Å²) < 4.78 is 5.25. The van der Waals surface area contributed by atoms with Crippen LogP contribution < -0.4 is 5.73 Å². The summed E-state index contributed by atoms with van der Waals surface area (Å²) in [6, 6.07) is 7.99. The molecule has 2 heterocycles. The van der Waals surface area contributed by atoms with Crippen molar-refractivity contribution >= 4 is 11.0 Å². The molecule has 0 aliphatic heterocycles. The molecule has 0 aliphatic carbocycles. The lowest BCUT2D eigenvalue weighted by Gasteiger charge is -2.05. The highest BCUT2D eigenvalue weighted by Gasteiger charge is 2.12. The van der Waals surface area contributed by atoms with Gasteiger partial charge in [0.1, 0.15) is 5.82 Å². The summed E-state index contributed by atoms with van der Waals surface area (Å²) in [7, 11) is 0. The van der Waals surface area contributed by atoms with Crippen LogP contribution in [0, 0.1) is 0 Å². The van der Waals surface area contributed by atoms with Gasteiger partial charge in [-0.25, -0.2) is 4.98 Å². The number of para-hydroxylation sites is 2. The summed E-state index contributed by atoms with van der Waals surface area (Å²) in [4.78, 5) is 12.1. The van der Waals surface area contributed by atoms with Crippen molar-refractivity contribution in [1.82, 2.24) is 20.1 Å². The fourth-order valence-electron chi connectivity index (χ4n) is 2.38. The van der Waals surface area contributed by atoms with Crippen LogP contribution in [0.5, 0.6) is 0 Å². The van der Waals surface area contributed by atoms with Gasteiger partial charge in [-0.3, -0.25) is 0 Å². The highest BCUT2D eigenvalue weighted by atomic mass is 16.5. The first-order chi connectivity index (χ1) is 10.2. The van der Waals surface area contributed by atoms with Crippen molar-refractivity contribution in [3.63, 3.8) is 0 Å². The SMILES string of the molecule is CCCC(N)Cc1nc(Cc2nc3ccccc3[nH]2)no1. The second-order valence-corrected chi connectivity index (χ2v) is 5.23. The maximum Gasteiger partial charge on any atom is 0.228 e. The third-order valence-corrected chi connectivity index (χ3v) is 3.37. The predicted molar refractivity (Wildman–Crippen MR) is 79.8 cm³/mol. The molecule has 110 valence electrons. The fourth-order valence-corrected chi connectivity index (χ4v) is 2.38. The molecule has 2 aromatic heterocycles. The molecule has 3 aromatic rings. The average Bonchev–Trinajstić information content (AvgIpc) is 3.05. The number of aromatic amines is 1. The monoisotopic (exact) mass is 285 g/mol. The van der Waals surface area contributed by atoms with Gasteiger partial charge in [0.05, 0.1) is 17.5 Å². The van der Waals surface area contributed by atoms with Crippen molar-refractivity contribution in [2.24, 2.45) is 5.73 Å². The zero-order valence-electron chi connectivity index (χ0n) is 12.0. The summed E-state index contributed by atoms with van der Waals surface area (Å²) in [5.74, 6) is 2.07. The molecule has 0 saturated heterocycles. The zero-order chi connectivity index (χ0) is 14.7. The molecule has 21 heavy (non-hydrogen) atoms. The number of nitrogens with two attached hydrogens (primary N) is 1. The first-order valence-corrected chi connectivity index (χ1v) is 7.25. The number of imidazole rings is 1. The van der Waals surface area contributed by atoms with Gasteiger partial charge in [0.2, 0.25) is 5.89 Å². The molecule has 1 unspecified atom stereocenters. The number of nitrogens with one attached hydrogen (secondary N) is 1. The van der Waals surface area contributed by atoms with Gasteiger partial charge in [-0.2, -0.15) is 4.98 Å². The molecular weight excluding hydrogens is 266 g/mol. The maximum atomic E-state index is 5.98. The maximum absolute atomic E-state index is 5.98. The lowest BCUT2D eigenvalue weighted by atomic mass is 10.1. The normalized spacial score (nSPS) is 12.9. The van der Waals surface area contributed by atoms with Crippen molar-refractivity contribution < 1.29 is 4.52 Å². The van der Waals surface area contributed by atoms with E-state index in [0.717, 1.165) is 29.7 Å². The second-order valence-electron chi connectivity index (χ2n) is 5.23. The Morgan fingerprint density at radius 3 is 2.95 bits per heavy atom. The van der Waals surface area contributed by atoms with Crippen molar-refractivity contribution in [3.05, 3.63) is 41.8 Å². The zero-order valence-corrected chi connectivity index (χ0v) is 12.0. The Hall–Kier alpha value is -2.21. The van der Waals surface area contributed by atoms with Crippen LogP contribution in [0.3, 0.4) is 0 Å². The van der Waals surface area contributed by atoms with Crippen LogP contribution in [-0.4, -0.2) is 26.2 Å². The Morgan fingerprint density at radius 1 is 1.29 bits per heavy atom. The number of nitrogens with zero attached hydrogens (tertiary/aromatic N) is 3. The Kier molecular flexibility index (Phi) is 3.96. The van der Waals surface area contributed by atoms with Crippen LogP contribution in [-0.2, 0) is 12.8 Å². The minimum absolute atomic E-state index is 0.0782. The Balaban J connectivity index is 1.69. The third-order valence-electron chi connectivity index (χ3n) is 3.37. The molecule has 6 heteroatoms. The topological polar surface area (TPSA) is 93.6 Å². The molecule has 0 bridgehead atoms. The van der Waals surface area contributed by atoms with Crippen LogP contribution in [0.4, 0.5) is 0 Å². The van der Waals surface area contributed by atoms with Gasteiger partial charge in [0, 0.05) is 12.5 Å². The van der Waals surface area contributed by atoms with Gasteiger partial charge in [-0.1, -0.05) is 30.6 Å². The van der Waals surface area contributed by atoms with Crippen LogP contribution in [0.1, 0.15) is 37.3 Å². The second kappa shape index (κ2) is 6.05. The molecule has 0 amide bonds. The number of fused-ring (bicyclic) bond motifs is 1. The fraction of sp³-hybridized carbons (Fsp3) is 0.400. The largest absolute Gasteiger partial charge is 0.342 e. The van der Waals surface area contributed by atoms with Crippen molar-refractivity contribution in [3.8, 4) is 0 Å². The molecule has 3 N–H and O–H groups in total. The van der Waals surface area contributed by atoms with Gasteiger partial charge in [0.25, 0.3) is 0 Å². The first kappa shape index (κ1) is 13.8. The molecule has 0 radical (unpaired) electrons. The molecular formula is C15H19N5O.